The molecule has 3 heterocycles. The molecule has 3 N–H and O–H groups in total. The Hall–Kier alpha value is -3.34. The number of H-pyrrole nitrogens is 1. The number of anilines is 1. The molecule has 0 aliphatic rings. The normalized spacial score (nSPS) is 12.7. The van der Waals surface area contributed by atoms with Crippen molar-refractivity contribution in [3.05, 3.63) is 47.9 Å². The van der Waals surface area contributed by atoms with Crippen LogP contribution in [0.1, 0.15) is 40.4 Å². The van der Waals surface area contributed by atoms with Gasteiger partial charge < -0.3 is 10.7 Å². The fraction of sp³-hybridized carbons (Fsp3) is 0.318. The van der Waals surface area contributed by atoms with E-state index >= 15 is 0 Å². The van der Waals surface area contributed by atoms with Gasteiger partial charge >= 0.3 is 0 Å². The van der Waals surface area contributed by atoms with Gasteiger partial charge in [0.05, 0.1) is 16.6 Å². The van der Waals surface area contributed by atoms with Crippen LogP contribution in [0.25, 0.3) is 33.7 Å². The molecular formula is C22H24F2N6O2S. The minimum absolute atomic E-state index is 0.123. The number of benzene rings is 1. The van der Waals surface area contributed by atoms with E-state index in [-0.39, 0.29) is 22.7 Å². The molecule has 8 nitrogen and oxygen atoms in total. The van der Waals surface area contributed by atoms with Crippen LogP contribution in [-0.2, 0) is 15.4 Å². The molecule has 0 radical (unpaired) electrons. The maximum Gasteiger partial charge on any atom is 0.244 e. The van der Waals surface area contributed by atoms with Crippen LogP contribution in [0.15, 0.2) is 30.5 Å². The second-order valence-electron chi connectivity index (χ2n) is 9.08. The molecule has 0 atom stereocenters. The topological polar surface area (TPSA) is 120 Å². The zero-order valence-electron chi connectivity index (χ0n) is 18.8. The maximum atomic E-state index is 14.7. The number of pyridine rings is 1. The standard InChI is InChI=1S/C22H24F2N6O2S/c1-11(2)33(31,32)30-16-8-12(10-26-19(16)29-21(30)25)17-18(28-20(27-17)22(3,4)5)14-7-6-13(23)9-15(14)24/h6-11H,1-5H3,(H,27,28)(H2,25,26,29). The highest BCUT2D eigenvalue weighted by Crippen LogP contribution is 2.36. The fourth-order valence-corrected chi connectivity index (χ4v) is 4.52. The molecule has 0 spiro atoms. The van der Waals surface area contributed by atoms with Gasteiger partial charge in [-0.1, -0.05) is 20.8 Å². The molecular weight excluding hydrogens is 450 g/mol. The van der Waals surface area contributed by atoms with Crippen LogP contribution >= 0.6 is 0 Å². The van der Waals surface area contributed by atoms with E-state index in [0.717, 1.165) is 16.1 Å². The lowest BCUT2D eigenvalue weighted by Crippen LogP contribution is -2.23. The first-order valence-electron chi connectivity index (χ1n) is 10.3. The molecule has 0 aliphatic heterocycles. The Kier molecular flexibility index (Phi) is 5.27. The number of imidazole rings is 2. The van der Waals surface area contributed by atoms with E-state index in [1.807, 2.05) is 20.8 Å². The molecule has 11 heteroatoms. The summed E-state index contributed by atoms with van der Waals surface area (Å²) in [5, 5.41) is -0.748. The first-order chi connectivity index (χ1) is 15.3. The van der Waals surface area contributed by atoms with Gasteiger partial charge in [-0.15, -0.1) is 0 Å². The van der Waals surface area contributed by atoms with Crippen molar-refractivity contribution < 1.29 is 17.2 Å². The van der Waals surface area contributed by atoms with Crippen molar-refractivity contribution in [1.29, 1.82) is 0 Å². The molecule has 174 valence electrons. The molecule has 0 unspecified atom stereocenters. The number of rotatable bonds is 4. The van der Waals surface area contributed by atoms with Gasteiger partial charge in [-0.05, 0) is 32.0 Å². The van der Waals surface area contributed by atoms with Crippen molar-refractivity contribution in [1.82, 2.24) is 23.9 Å². The lowest BCUT2D eigenvalue weighted by molar-refractivity contribution is 0.552. The quantitative estimate of drug-likeness (QED) is 0.457. The number of fused-ring (bicyclic) bond motifs is 1. The van der Waals surface area contributed by atoms with Crippen molar-refractivity contribution in [2.24, 2.45) is 0 Å². The Morgan fingerprint density at radius 3 is 2.42 bits per heavy atom. The monoisotopic (exact) mass is 474 g/mol. The number of nitrogens with one attached hydrogen (secondary N) is 1. The fourth-order valence-electron chi connectivity index (χ4n) is 3.39. The number of aromatic amines is 1. The number of nitrogens with two attached hydrogens (primary N) is 1. The van der Waals surface area contributed by atoms with Gasteiger partial charge in [-0.25, -0.2) is 31.1 Å². The highest BCUT2D eigenvalue weighted by Gasteiger charge is 2.27. The van der Waals surface area contributed by atoms with E-state index in [0.29, 0.717) is 22.8 Å². The minimum Gasteiger partial charge on any atom is -0.368 e. The Labute approximate surface area is 190 Å². The number of halogens is 2. The molecule has 0 saturated heterocycles. The molecule has 4 rings (SSSR count). The van der Waals surface area contributed by atoms with E-state index in [1.54, 1.807) is 6.07 Å². The summed E-state index contributed by atoms with van der Waals surface area (Å²) in [5.74, 6) is -1.09. The maximum absolute atomic E-state index is 14.7. The number of nitrogen functional groups attached to an aromatic ring is 1. The largest absolute Gasteiger partial charge is 0.368 e. The van der Waals surface area contributed by atoms with E-state index in [2.05, 4.69) is 19.9 Å². The summed E-state index contributed by atoms with van der Waals surface area (Å²) in [5.41, 5.74) is 7.05. The smallest absolute Gasteiger partial charge is 0.244 e. The summed E-state index contributed by atoms with van der Waals surface area (Å²) in [4.78, 5) is 16.1. The molecule has 3 aromatic heterocycles. The van der Waals surface area contributed by atoms with Crippen molar-refractivity contribution in [2.75, 3.05) is 5.73 Å². The SMILES string of the molecule is CC(C)S(=O)(=O)n1c(N)nc2ncc(-c3nc(C(C)(C)C)[nH]c3-c3ccc(F)cc3F)cc21. The van der Waals surface area contributed by atoms with Crippen LogP contribution in [0.2, 0.25) is 0 Å². The highest BCUT2D eigenvalue weighted by atomic mass is 32.2. The molecule has 0 saturated carbocycles. The van der Waals surface area contributed by atoms with Gasteiger partial charge in [0, 0.05) is 28.8 Å². The zero-order valence-corrected chi connectivity index (χ0v) is 19.6. The molecule has 33 heavy (non-hydrogen) atoms. The molecule has 0 bridgehead atoms. The van der Waals surface area contributed by atoms with Gasteiger partial charge in [-0.3, -0.25) is 0 Å². The third kappa shape index (κ3) is 3.86. The number of aromatic nitrogens is 5. The van der Waals surface area contributed by atoms with Crippen LogP contribution in [0, 0.1) is 11.6 Å². The van der Waals surface area contributed by atoms with Gasteiger partial charge in [0.2, 0.25) is 16.0 Å². The Morgan fingerprint density at radius 1 is 1.12 bits per heavy atom. The van der Waals surface area contributed by atoms with Gasteiger partial charge in [-0.2, -0.15) is 4.98 Å². The third-order valence-electron chi connectivity index (χ3n) is 5.23. The number of hydrogen-bond acceptors (Lipinski definition) is 6. The van der Waals surface area contributed by atoms with Crippen LogP contribution < -0.4 is 5.73 Å². The summed E-state index contributed by atoms with van der Waals surface area (Å²) in [6, 6.07) is 4.83. The zero-order chi connectivity index (χ0) is 24.3. The molecule has 0 aliphatic carbocycles. The summed E-state index contributed by atoms with van der Waals surface area (Å²) >= 11 is 0. The van der Waals surface area contributed by atoms with Gasteiger partial charge in [0.15, 0.2) is 5.65 Å². The second kappa shape index (κ2) is 7.62. The van der Waals surface area contributed by atoms with E-state index in [1.165, 1.54) is 26.1 Å². The average molecular weight is 475 g/mol. The van der Waals surface area contributed by atoms with Crippen LogP contribution in [-0.4, -0.2) is 37.6 Å². The highest BCUT2D eigenvalue weighted by molar-refractivity contribution is 7.90. The summed E-state index contributed by atoms with van der Waals surface area (Å²) in [7, 11) is -3.82. The second-order valence-corrected chi connectivity index (χ2v) is 11.4. The predicted octanol–water partition coefficient (Wildman–Crippen LogP) is 4.23. The Morgan fingerprint density at radius 2 is 1.82 bits per heavy atom. The lowest BCUT2D eigenvalue weighted by Gasteiger charge is -2.14. The van der Waals surface area contributed by atoms with Crippen LogP contribution in [0.3, 0.4) is 0 Å². The minimum atomic E-state index is -3.82. The Bertz CT molecular complexity index is 1480. The lowest BCUT2D eigenvalue weighted by atomic mass is 9.96. The van der Waals surface area contributed by atoms with Gasteiger partial charge in [0.1, 0.15) is 23.0 Å². The summed E-state index contributed by atoms with van der Waals surface area (Å²) in [6.07, 6.45) is 1.47. The van der Waals surface area contributed by atoms with Crippen molar-refractivity contribution in [3.63, 3.8) is 0 Å². The Balaban J connectivity index is 2.01. The third-order valence-corrected chi connectivity index (χ3v) is 7.32. The van der Waals surface area contributed by atoms with E-state index in [4.69, 9.17) is 5.73 Å². The summed E-state index contributed by atoms with van der Waals surface area (Å²) < 4.78 is 54.9. The van der Waals surface area contributed by atoms with Crippen LogP contribution in [0.4, 0.5) is 14.7 Å². The van der Waals surface area contributed by atoms with Crippen molar-refractivity contribution in [2.45, 2.75) is 45.3 Å². The molecule has 1 aromatic carbocycles. The average Bonchev–Trinajstić information content (AvgIpc) is 3.28. The van der Waals surface area contributed by atoms with E-state index < -0.39 is 32.3 Å². The van der Waals surface area contributed by atoms with Gasteiger partial charge in [0.25, 0.3) is 0 Å². The first kappa shape index (κ1) is 22.8. The van der Waals surface area contributed by atoms with E-state index in [9.17, 15) is 17.2 Å². The predicted molar refractivity (Wildman–Crippen MR) is 123 cm³/mol. The van der Waals surface area contributed by atoms with Crippen LogP contribution in [0.5, 0.6) is 0 Å². The first-order valence-corrected chi connectivity index (χ1v) is 11.8. The summed E-state index contributed by atoms with van der Waals surface area (Å²) in [6.45, 7) is 8.89. The van der Waals surface area contributed by atoms with Crippen molar-refractivity contribution in [3.8, 4) is 22.5 Å². The molecule has 4 aromatic rings. The van der Waals surface area contributed by atoms with Crippen molar-refractivity contribution >= 4 is 27.1 Å². The molecule has 0 fully saturated rings. The molecule has 0 amide bonds. The number of nitrogens with zero attached hydrogens (tertiary/aromatic N) is 4. The number of hydrogen-bond donors (Lipinski definition) is 2.